The summed E-state index contributed by atoms with van der Waals surface area (Å²) in [5, 5.41) is 0.439. The number of hydrogen-bond acceptors (Lipinski definition) is 8. The fourth-order valence-corrected chi connectivity index (χ4v) is 6.74. The molecule has 8 nitrogen and oxygen atoms in total. The van der Waals surface area contributed by atoms with Gasteiger partial charge >= 0.3 is 0 Å². The van der Waals surface area contributed by atoms with Crippen LogP contribution in [0.25, 0.3) is 10.2 Å². The predicted octanol–water partition coefficient (Wildman–Crippen LogP) is 3.77. The van der Waals surface area contributed by atoms with E-state index in [-0.39, 0.29) is 34.3 Å². The SMILES string of the molecule is CCN(CC)CCN(C(=O)CCCS(=O)(=O)c1ccc(F)cc1)c1nc2ccc(S(C)(=O)=O)cc2s1. The van der Waals surface area contributed by atoms with Crippen LogP contribution in [-0.4, -0.2) is 70.8 Å². The van der Waals surface area contributed by atoms with Crippen molar-refractivity contribution < 1.29 is 26.0 Å². The van der Waals surface area contributed by atoms with Crippen molar-refractivity contribution in [2.45, 2.75) is 36.5 Å². The monoisotopic (exact) mass is 555 g/mol. The lowest BCUT2D eigenvalue weighted by Gasteiger charge is -2.24. The number of amides is 1. The summed E-state index contributed by atoms with van der Waals surface area (Å²) in [7, 11) is -7.04. The Morgan fingerprint density at radius 1 is 0.972 bits per heavy atom. The van der Waals surface area contributed by atoms with Crippen LogP contribution in [0.2, 0.25) is 0 Å². The van der Waals surface area contributed by atoms with Crippen molar-refractivity contribution in [3.05, 3.63) is 48.3 Å². The van der Waals surface area contributed by atoms with E-state index in [4.69, 9.17) is 0 Å². The van der Waals surface area contributed by atoms with Crippen molar-refractivity contribution in [3.63, 3.8) is 0 Å². The molecule has 1 heterocycles. The van der Waals surface area contributed by atoms with E-state index in [2.05, 4.69) is 9.88 Å². The van der Waals surface area contributed by atoms with Gasteiger partial charge in [0.2, 0.25) is 5.91 Å². The van der Waals surface area contributed by atoms with E-state index in [9.17, 15) is 26.0 Å². The molecule has 0 bridgehead atoms. The zero-order chi connectivity index (χ0) is 26.5. The third-order valence-electron chi connectivity index (χ3n) is 5.82. The Bertz CT molecular complexity index is 1420. The fourth-order valence-electron chi connectivity index (χ4n) is 3.66. The molecular weight excluding hydrogens is 525 g/mol. The Hall–Kier alpha value is -2.41. The number of aromatic nitrogens is 1. The maximum atomic E-state index is 13.2. The van der Waals surface area contributed by atoms with Crippen LogP contribution in [0.4, 0.5) is 9.52 Å². The van der Waals surface area contributed by atoms with Crippen LogP contribution in [0.1, 0.15) is 26.7 Å². The minimum absolute atomic E-state index is 0.0107. The Morgan fingerprint density at radius 2 is 1.61 bits per heavy atom. The first-order valence-corrected chi connectivity index (χ1v) is 15.9. The van der Waals surface area contributed by atoms with Gasteiger partial charge in [0.25, 0.3) is 0 Å². The highest BCUT2D eigenvalue weighted by Crippen LogP contribution is 2.31. The molecule has 0 atom stereocenters. The van der Waals surface area contributed by atoms with Gasteiger partial charge in [0.05, 0.1) is 25.8 Å². The van der Waals surface area contributed by atoms with Crippen LogP contribution < -0.4 is 4.90 Å². The standard InChI is InChI=1S/C24H30FN3O5S3/c1-4-27(5-2)14-15-28(24-26-21-13-12-20(35(3,30)31)17-22(21)34-24)23(29)7-6-16-36(32,33)19-10-8-18(25)9-11-19/h8-13,17H,4-7,14-16H2,1-3H3. The number of hydrogen-bond donors (Lipinski definition) is 0. The van der Waals surface area contributed by atoms with Gasteiger partial charge in [-0.15, -0.1) is 0 Å². The summed E-state index contributed by atoms with van der Waals surface area (Å²) in [6.45, 7) is 6.65. The molecule has 2 aromatic carbocycles. The second-order valence-corrected chi connectivity index (χ2v) is 13.5. The average molecular weight is 556 g/mol. The number of sulfone groups is 2. The van der Waals surface area contributed by atoms with Gasteiger partial charge in [-0.3, -0.25) is 9.69 Å². The van der Waals surface area contributed by atoms with Crippen molar-refractivity contribution in [2.75, 3.05) is 43.1 Å². The number of benzene rings is 2. The molecule has 0 radical (unpaired) electrons. The summed E-state index contributed by atoms with van der Waals surface area (Å²) in [5.41, 5.74) is 0.585. The lowest BCUT2D eigenvalue weighted by Crippen LogP contribution is -2.38. The topological polar surface area (TPSA) is 105 Å². The highest BCUT2D eigenvalue weighted by Gasteiger charge is 2.22. The Balaban J connectivity index is 1.79. The van der Waals surface area contributed by atoms with E-state index in [1.165, 1.54) is 29.5 Å². The van der Waals surface area contributed by atoms with Gasteiger partial charge in [0.15, 0.2) is 24.8 Å². The molecule has 0 unspecified atom stereocenters. The first-order valence-electron chi connectivity index (χ1n) is 11.6. The molecule has 0 saturated heterocycles. The number of rotatable bonds is 12. The number of anilines is 1. The van der Waals surface area contributed by atoms with E-state index >= 15 is 0 Å². The molecule has 0 aliphatic carbocycles. The van der Waals surface area contributed by atoms with Gasteiger partial charge in [0.1, 0.15) is 5.82 Å². The lowest BCUT2D eigenvalue weighted by atomic mass is 10.3. The third-order valence-corrected chi connectivity index (χ3v) is 9.79. The van der Waals surface area contributed by atoms with Gasteiger partial charge < -0.3 is 4.90 Å². The smallest absolute Gasteiger partial charge is 0.228 e. The number of halogens is 1. The van der Waals surface area contributed by atoms with Crippen LogP contribution in [0.15, 0.2) is 52.3 Å². The molecule has 0 fully saturated rings. The van der Waals surface area contributed by atoms with Crippen LogP contribution in [-0.2, 0) is 24.5 Å². The van der Waals surface area contributed by atoms with Gasteiger partial charge in [-0.25, -0.2) is 26.2 Å². The van der Waals surface area contributed by atoms with E-state index in [0.717, 1.165) is 31.5 Å². The molecule has 0 spiro atoms. The molecule has 0 N–H and O–H groups in total. The van der Waals surface area contributed by atoms with Crippen molar-refractivity contribution in [1.29, 1.82) is 0 Å². The highest BCUT2D eigenvalue weighted by atomic mass is 32.2. The minimum Gasteiger partial charge on any atom is -0.302 e. The van der Waals surface area contributed by atoms with Crippen LogP contribution >= 0.6 is 11.3 Å². The Kier molecular flexibility index (Phi) is 9.20. The Labute approximate surface area is 215 Å². The zero-order valence-corrected chi connectivity index (χ0v) is 22.9. The van der Waals surface area contributed by atoms with Crippen LogP contribution in [0.3, 0.4) is 0 Å². The Morgan fingerprint density at radius 3 is 2.22 bits per heavy atom. The summed E-state index contributed by atoms with van der Waals surface area (Å²) in [4.78, 5) is 21.7. The highest BCUT2D eigenvalue weighted by molar-refractivity contribution is 7.91. The van der Waals surface area contributed by atoms with E-state index in [0.29, 0.717) is 28.4 Å². The molecule has 3 rings (SSSR count). The predicted molar refractivity (Wildman–Crippen MR) is 141 cm³/mol. The number of thiazole rings is 1. The summed E-state index contributed by atoms with van der Waals surface area (Å²) < 4.78 is 62.8. The number of carbonyl (C=O) groups excluding carboxylic acids is 1. The number of fused-ring (bicyclic) bond motifs is 1. The zero-order valence-electron chi connectivity index (χ0n) is 20.5. The number of nitrogens with zero attached hydrogens (tertiary/aromatic N) is 3. The normalized spacial score (nSPS) is 12.4. The summed E-state index contributed by atoms with van der Waals surface area (Å²) >= 11 is 1.23. The maximum absolute atomic E-state index is 13.2. The van der Waals surface area contributed by atoms with Gasteiger partial charge in [-0.2, -0.15) is 0 Å². The second kappa shape index (κ2) is 11.8. The van der Waals surface area contributed by atoms with E-state index in [1.807, 2.05) is 13.8 Å². The summed E-state index contributed by atoms with van der Waals surface area (Å²) in [6.07, 6.45) is 1.22. The first kappa shape index (κ1) is 28.2. The lowest BCUT2D eigenvalue weighted by molar-refractivity contribution is -0.118. The molecule has 0 aliphatic heterocycles. The number of likely N-dealkylation sites (N-methyl/N-ethyl adjacent to an activating group) is 1. The van der Waals surface area contributed by atoms with E-state index in [1.54, 1.807) is 17.0 Å². The molecule has 1 amide bonds. The van der Waals surface area contributed by atoms with Crippen LogP contribution in [0, 0.1) is 5.82 Å². The van der Waals surface area contributed by atoms with E-state index < -0.39 is 25.5 Å². The maximum Gasteiger partial charge on any atom is 0.228 e. The third kappa shape index (κ3) is 7.09. The second-order valence-electron chi connectivity index (χ2n) is 8.35. The van der Waals surface area contributed by atoms with Crippen molar-refractivity contribution in [2.24, 2.45) is 0 Å². The van der Waals surface area contributed by atoms with Crippen LogP contribution in [0.5, 0.6) is 0 Å². The van der Waals surface area contributed by atoms with Crippen molar-refractivity contribution in [1.82, 2.24) is 9.88 Å². The van der Waals surface area contributed by atoms with Crippen molar-refractivity contribution in [3.8, 4) is 0 Å². The quantitative estimate of drug-likeness (QED) is 0.313. The number of carbonyl (C=O) groups is 1. The summed E-state index contributed by atoms with van der Waals surface area (Å²) in [6, 6.07) is 9.28. The van der Waals surface area contributed by atoms with Gasteiger partial charge in [-0.1, -0.05) is 25.2 Å². The average Bonchev–Trinajstić information content (AvgIpc) is 3.24. The minimum atomic E-state index is -3.65. The largest absolute Gasteiger partial charge is 0.302 e. The fraction of sp³-hybridized carbons (Fsp3) is 0.417. The molecular formula is C24H30FN3O5S3. The molecule has 36 heavy (non-hydrogen) atoms. The molecule has 3 aromatic rings. The molecule has 1 aromatic heterocycles. The van der Waals surface area contributed by atoms with Crippen molar-refractivity contribution >= 4 is 52.3 Å². The molecule has 12 heteroatoms. The van der Waals surface area contributed by atoms with Gasteiger partial charge in [-0.05, 0) is 62.0 Å². The van der Waals surface area contributed by atoms with Gasteiger partial charge in [0, 0.05) is 25.8 Å². The summed E-state index contributed by atoms with van der Waals surface area (Å²) in [5.74, 6) is -1.03. The molecule has 0 saturated carbocycles. The first-order chi connectivity index (χ1) is 16.9. The molecule has 0 aliphatic rings. The molecule has 196 valence electrons.